The molecule has 0 heterocycles. The number of benzene rings is 2. The van der Waals surface area contributed by atoms with Crippen LogP contribution in [0.15, 0.2) is 66.5 Å². The van der Waals surface area contributed by atoms with E-state index >= 15 is 4.39 Å². The van der Waals surface area contributed by atoms with Crippen LogP contribution in [0.2, 0.25) is 0 Å². The number of rotatable bonds is 23. The molecular formula is C37H51FN6O7S. The second-order valence-corrected chi connectivity index (χ2v) is 13.9. The molecule has 2 aromatic rings. The largest absolute Gasteiger partial charge is 0.481 e. The van der Waals surface area contributed by atoms with Crippen LogP contribution in [-0.4, -0.2) is 82.7 Å². The van der Waals surface area contributed by atoms with Gasteiger partial charge in [-0.15, -0.1) is 0 Å². The number of carbonyl (C=O) groups excluding carboxylic acids is 5. The van der Waals surface area contributed by atoms with Crippen LogP contribution in [-0.2, 0) is 36.8 Å². The van der Waals surface area contributed by atoms with Gasteiger partial charge in [-0.05, 0) is 67.2 Å². The van der Waals surface area contributed by atoms with Crippen LogP contribution in [0, 0.1) is 5.92 Å². The Morgan fingerprint density at radius 3 is 2.00 bits per heavy atom. The maximum atomic E-state index is 15.8. The van der Waals surface area contributed by atoms with E-state index in [1.807, 2.05) is 20.1 Å². The predicted molar refractivity (Wildman–Crippen MR) is 199 cm³/mol. The third-order valence-corrected chi connectivity index (χ3v) is 8.72. The average Bonchev–Trinajstić information content (AvgIpc) is 3.10. The lowest BCUT2D eigenvalue weighted by Gasteiger charge is -2.23. The summed E-state index contributed by atoms with van der Waals surface area (Å²) in [6, 6.07) is 10.0. The van der Waals surface area contributed by atoms with E-state index in [2.05, 4.69) is 16.0 Å². The summed E-state index contributed by atoms with van der Waals surface area (Å²) in [5.74, 6) is -4.19. The molecule has 0 bridgehead atoms. The minimum absolute atomic E-state index is 0.00500. The van der Waals surface area contributed by atoms with Crippen LogP contribution in [0.4, 0.5) is 4.39 Å². The first-order chi connectivity index (χ1) is 24.6. The Kier molecular flexibility index (Phi) is 18.7. The summed E-state index contributed by atoms with van der Waals surface area (Å²) in [4.78, 5) is 74.4. The number of primary amides is 1. The van der Waals surface area contributed by atoms with Gasteiger partial charge in [-0.25, -0.2) is 4.39 Å². The molecule has 0 saturated heterocycles. The zero-order valence-electron chi connectivity index (χ0n) is 29.8. The molecule has 284 valence electrons. The van der Waals surface area contributed by atoms with E-state index in [9.17, 15) is 28.8 Å². The molecule has 0 aliphatic carbocycles. The number of hydrogen-bond donors (Lipinski definition) is 7. The van der Waals surface area contributed by atoms with E-state index in [0.29, 0.717) is 17.7 Å². The lowest BCUT2D eigenvalue weighted by molar-refractivity contribution is -0.137. The molecule has 0 fully saturated rings. The van der Waals surface area contributed by atoms with Crippen LogP contribution >= 0.6 is 11.8 Å². The zero-order valence-corrected chi connectivity index (χ0v) is 30.6. The normalized spacial score (nSPS) is 14.4. The predicted octanol–water partition coefficient (Wildman–Crippen LogP) is 2.16. The van der Waals surface area contributed by atoms with Gasteiger partial charge in [0, 0.05) is 18.4 Å². The Hall–Kier alpha value is -4.60. The highest BCUT2D eigenvalue weighted by Crippen LogP contribution is 2.15. The van der Waals surface area contributed by atoms with E-state index in [1.54, 1.807) is 42.5 Å². The number of Topliss-reactive ketones (excluding diaryl/α,β-unsaturated/α-hetero) is 1. The molecule has 0 radical (unpaired) electrons. The number of carboxylic acid groups (broad SMARTS) is 1. The van der Waals surface area contributed by atoms with Crippen molar-refractivity contribution in [3.05, 3.63) is 83.2 Å². The second-order valence-electron chi connectivity index (χ2n) is 12.9. The van der Waals surface area contributed by atoms with Gasteiger partial charge in [0.1, 0.15) is 17.9 Å². The van der Waals surface area contributed by atoms with Crippen molar-refractivity contribution in [2.75, 3.05) is 12.0 Å². The number of ketones is 1. The summed E-state index contributed by atoms with van der Waals surface area (Å²) in [5, 5.41) is 16.7. The maximum Gasteiger partial charge on any atom is 0.303 e. The molecule has 0 aliphatic rings. The Balaban J connectivity index is 2.13. The summed E-state index contributed by atoms with van der Waals surface area (Å²) in [7, 11) is 0. The number of aliphatic carboxylic acids is 1. The van der Waals surface area contributed by atoms with Crippen molar-refractivity contribution >= 4 is 47.1 Å². The van der Waals surface area contributed by atoms with E-state index in [4.69, 9.17) is 22.3 Å². The van der Waals surface area contributed by atoms with Crippen LogP contribution in [0.25, 0.3) is 0 Å². The molecule has 0 aliphatic heterocycles. The van der Waals surface area contributed by atoms with E-state index in [1.165, 1.54) is 23.9 Å². The topological polar surface area (TPSA) is 237 Å². The van der Waals surface area contributed by atoms with Gasteiger partial charge in [0.15, 0.2) is 5.78 Å². The number of hydrogen-bond acceptors (Lipinski definition) is 9. The van der Waals surface area contributed by atoms with Gasteiger partial charge >= 0.3 is 5.97 Å². The van der Waals surface area contributed by atoms with Crippen LogP contribution in [0.5, 0.6) is 0 Å². The fourth-order valence-electron chi connectivity index (χ4n) is 5.20. The first-order valence-electron chi connectivity index (χ1n) is 17.0. The van der Waals surface area contributed by atoms with Gasteiger partial charge in [0.2, 0.25) is 23.6 Å². The molecule has 5 atom stereocenters. The standard InChI is InChI=1S/C37H51FN6O7S/c1-22(2)19-31(37(51)43-29(35(41)49)17-18-52-3)42-32(45)15-13-26(38)30(21-23-7-5-4-6-8-23)44-36(50)28(40)20-24-9-11-25(12-10-24)34(48)27(39)14-16-33(46)47/h4-13,22,27-31H,14-21,39-40H2,1-3H3,(H2,41,49)(H,42,45)(H,43,51)(H,44,50)(H,46,47)/b26-13-/t27-,28-,29-,30-,31-/m0/s1. The maximum absolute atomic E-state index is 15.8. The number of nitrogens with two attached hydrogens (primary N) is 3. The van der Waals surface area contributed by atoms with Gasteiger partial charge in [0.25, 0.3) is 0 Å². The second kappa shape index (κ2) is 22.4. The first kappa shape index (κ1) is 43.6. The van der Waals surface area contributed by atoms with Crippen LogP contribution < -0.4 is 33.2 Å². The van der Waals surface area contributed by atoms with Gasteiger partial charge in [-0.2, -0.15) is 11.8 Å². The van der Waals surface area contributed by atoms with E-state index in [-0.39, 0.29) is 43.6 Å². The highest BCUT2D eigenvalue weighted by molar-refractivity contribution is 7.98. The minimum Gasteiger partial charge on any atom is -0.481 e. The van der Waals surface area contributed by atoms with E-state index < -0.39 is 77.8 Å². The lowest BCUT2D eigenvalue weighted by Crippen LogP contribution is -2.53. The third kappa shape index (κ3) is 15.7. The third-order valence-electron chi connectivity index (χ3n) is 8.08. The Bertz CT molecular complexity index is 1540. The zero-order chi connectivity index (χ0) is 38.8. The molecule has 15 heteroatoms. The molecule has 0 aromatic heterocycles. The number of thioether (sulfide) groups is 1. The molecule has 0 unspecified atom stereocenters. The van der Waals surface area contributed by atoms with Crippen molar-refractivity contribution in [2.24, 2.45) is 23.1 Å². The van der Waals surface area contributed by atoms with Crippen molar-refractivity contribution in [1.82, 2.24) is 16.0 Å². The molecule has 4 amide bonds. The molecule has 13 nitrogen and oxygen atoms in total. The number of halogens is 1. The van der Waals surface area contributed by atoms with E-state index in [0.717, 1.165) is 11.6 Å². The molecule has 0 spiro atoms. The monoisotopic (exact) mass is 742 g/mol. The quantitative estimate of drug-likeness (QED) is 0.0820. The van der Waals surface area contributed by atoms with Crippen molar-refractivity contribution in [1.29, 1.82) is 0 Å². The Morgan fingerprint density at radius 1 is 0.808 bits per heavy atom. The number of amides is 4. The number of carboxylic acids is 1. The molecular weight excluding hydrogens is 692 g/mol. The molecule has 0 saturated carbocycles. The Labute approximate surface area is 308 Å². The molecule has 2 rings (SSSR count). The summed E-state index contributed by atoms with van der Waals surface area (Å²) in [5.41, 5.74) is 19.1. The smallest absolute Gasteiger partial charge is 0.303 e. The van der Waals surface area contributed by atoms with Crippen molar-refractivity contribution < 1.29 is 38.3 Å². The Morgan fingerprint density at radius 2 is 1.42 bits per heavy atom. The first-order valence-corrected chi connectivity index (χ1v) is 18.4. The summed E-state index contributed by atoms with van der Waals surface area (Å²) in [6.45, 7) is 3.73. The highest BCUT2D eigenvalue weighted by Gasteiger charge is 2.27. The van der Waals surface area contributed by atoms with Crippen molar-refractivity contribution in [2.45, 2.75) is 89.0 Å². The van der Waals surface area contributed by atoms with Crippen LogP contribution in [0.1, 0.15) is 67.4 Å². The SMILES string of the molecule is CSCC[C@H](NC(=O)[C@H](CC(C)C)NC(=O)C/C=C(\F)[C@H](Cc1ccccc1)NC(=O)[C@@H](N)Cc1ccc(C(=O)[C@@H](N)CCC(=O)O)cc1)C(N)=O. The summed E-state index contributed by atoms with van der Waals surface area (Å²) < 4.78 is 15.8. The van der Waals surface area contributed by atoms with Gasteiger partial charge in [-0.3, -0.25) is 28.8 Å². The minimum atomic E-state index is -1.16. The summed E-state index contributed by atoms with van der Waals surface area (Å²) >= 11 is 1.49. The van der Waals surface area contributed by atoms with Gasteiger partial charge in [0.05, 0.1) is 18.1 Å². The molecule has 2 aromatic carbocycles. The fourth-order valence-corrected chi connectivity index (χ4v) is 5.68. The average molecular weight is 743 g/mol. The van der Waals surface area contributed by atoms with Gasteiger partial charge in [-0.1, -0.05) is 68.4 Å². The molecule has 52 heavy (non-hydrogen) atoms. The highest BCUT2D eigenvalue weighted by atomic mass is 32.2. The number of carbonyl (C=O) groups is 6. The van der Waals surface area contributed by atoms with Crippen molar-refractivity contribution in [3.63, 3.8) is 0 Å². The molecule has 10 N–H and O–H groups in total. The number of nitrogens with one attached hydrogen (secondary N) is 3. The summed E-state index contributed by atoms with van der Waals surface area (Å²) in [6.07, 6.45) is 2.94. The van der Waals surface area contributed by atoms with Gasteiger partial charge < -0.3 is 38.3 Å². The fraction of sp³-hybridized carbons (Fsp3) is 0.459. The van der Waals surface area contributed by atoms with Crippen molar-refractivity contribution in [3.8, 4) is 0 Å². The lowest BCUT2D eigenvalue weighted by atomic mass is 9.98. The van der Waals surface area contributed by atoms with Crippen LogP contribution in [0.3, 0.4) is 0 Å².